The van der Waals surface area contributed by atoms with E-state index in [1.807, 2.05) is 0 Å². The van der Waals surface area contributed by atoms with Crippen molar-refractivity contribution in [1.29, 1.82) is 0 Å². The Labute approximate surface area is 125 Å². The molecule has 0 aliphatic rings. The molecule has 0 aliphatic carbocycles. The summed E-state index contributed by atoms with van der Waals surface area (Å²) < 4.78 is 0. The summed E-state index contributed by atoms with van der Waals surface area (Å²) in [7, 11) is 0. The van der Waals surface area contributed by atoms with E-state index in [1.54, 1.807) is 0 Å². The predicted octanol–water partition coefficient (Wildman–Crippen LogP) is 4.17. The van der Waals surface area contributed by atoms with Crippen LogP contribution in [0.2, 0.25) is 0 Å². The molecule has 20 heavy (non-hydrogen) atoms. The van der Waals surface area contributed by atoms with Crippen molar-refractivity contribution in [2.45, 2.75) is 97.0 Å². The number of aliphatic hydroxyl groups excluding tert-OH is 1. The molecule has 0 radical (unpaired) electrons. The third-order valence-corrected chi connectivity index (χ3v) is 3.76. The zero-order valence-corrected chi connectivity index (χ0v) is 13.6. The zero-order chi connectivity index (χ0) is 15.2. The monoisotopic (exact) mass is 285 g/mol. The van der Waals surface area contributed by atoms with E-state index in [-0.39, 0.29) is 6.42 Å². The molecule has 120 valence electrons. The van der Waals surface area contributed by atoms with Crippen LogP contribution in [0.25, 0.3) is 0 Å². The van der Waals surface area contributed by atoms with Crippen molar-refractivity contribution in [2.24, 2.45) is 11.7 Å². The fourth-order valence-corrected chi connectivity index (χ4v) is 2.50. The summed E-state index contributed by atoms with van der Waals surface area (Å²) in [5.41, 5.74) is 5.03. The second-order valence-electron chi connectivity index (χ2n) is 6.48. The van der Waals surface area contributed by atoms with E-state index < -0.39 is 12.0 Å². The lowest BCUT2D eigenvalue weighted by atomic mass is 10.0. The first-order valence-electron chi connectivity index (χ1n) is 8.48. The Bertz CT molecular complexity index is 229. The summed E-state index contributed by atoms with van der Waals surface area (Å²) in [6, 6.07) is 0. The molecule has 0 aromatic rings. The van der Waals surface area contributed by atoms with Crippen molar-refractivity contribution in [2.75, 3.05) is 0 Å². The van der Waals surface area contributed by atoms with Crippen molar-refractivity contribution in [3.8, 4) is 0 Å². The highest BCUT2D eigenvalue weighted by molar-refractivity contribution is 5.74. The number of nitrogens with two attached hydrogens (primary N) is 1. The second kappa shape index (κ2) is 13.4. The van der Waals surface area contributed by atoms with Crippen LogP contribution in [0.1, 0.15) is 90.9 Å². The minimum atomic E-state index is -0.534. The van der Waals surface area contributed by atoms with E-state index in [2.05, 4.69) is 13.8 Å². The van der Waals surface area contributed by atoms with E-state index in [0.29, 0.717) is 6.42 Å². The first-order valence-corrected chi connectivity index (χ1v) is 8.48. The van der Waals surface area contributed by atoms with Crippen molar-refractivity contribution in [3.63, 3.8) is 0 Å². The number of hydrogen-bond acceptors (Lipinski definition) is 2. The van der Waals surface area contributed by atoms with Gasteiger partial charge in [0.25, 0.3) is 0 Å². The Kier molecular flexibility index (Phi) is 13.0. The quantitative estimate of drug-likeness (QED) is 0.470. The third kappa shape index (κ3) is 15.5. The van der Waals surface area contributed by atoms with E-state index in [4.69, 9.17) is 5.73 Å². The third-order valence-electron chi connectivity index (χ3n) is 3.76. The van der Waals surface area contributed by atoms with E-state index >= 15 is 0 Å². The van der Waals surface area contributed by atoms with Gasteiger partial charge < -0.3 is 10.8 Å². The maximum Gasteiger partial charge on any atom is 0.220 e. The van der Waals surface area contributed by atoms with Gasteiger partial charge in [-0.05, 0) is 12.3 Å². The summed E-state index contributed by atoms with van der Waals surface area (Å²) in [4.78, 5) is 10.6. The maximum atomic E-state index is 10.6. The zero-order valence-electron chi connectivity index (χ0n) is 13.6. The van der Waals surface area contributed by atoms with Crippen LogP contribution >= 0.6 is 0 Å². The van der Waals surface area contributed by atoms with Gasteiger partial charge in [0.15, 0.2) is 0 Å². The fraction of sp³-hybridized carbons (Fsp3) is 0.941. The van der Waals surface area contributed by atoms with Gasteiger partial charge in [-0.3, -0.25) is 4.79 Å². The molecular formula is C17H35NO2. The molecule has 0 heterocycles. The molecule has 1 atom stereocenters. The Balaban J connectivity index is 3.11. The summed E-state index contributed by atoms with van der Waals surface area (Å²) >= 11 is 0. The van der Waals surface area contributed by atoms with Crippen molar-refractivity contribution in [1.82, 2.24) is 0 Å². The van der Waals surface area contributed by atoms with Crippen LogP contribution in [0.5, 0.6) is 0 Å². The van der Waals surface area contributed by atoms with Gasteiger partial charge in [0, 0.05) is 0 Å². The number of hydrogen-bond donors (Lipinski definition) is 2. The van der Waals surface area contributed by atoms with Crippen molar-refractivity contribution < 1.29 is 9.90 Å². The standard InChI is InChI=1S/C17H35NO2/c1-15(2)12-10-8-6-4-3-5-7-9-11-13-16(19)14-17(18)20/h15-16,19H,3-14H2,1-2H3,(H2,18,20). The Morgan fingerprint density at radius 3 is 1.65 bits per heavy atom. The van der Waals surface area contributed by atoms with Crippen LogP contribution in [0, 0.1) is 5.92 Å². The molecule has 1 unspecified atom stereocenters. The molecule has 0 saturated carbocycles. The largest absolute Gasteiger partial charge is 0.393 e. The smallest absolute Gasteiger partial charge is 0.220 e. The van der Waals surface area contributed by atoms with Gasteiger partial charge in [-0.2, -0.15) is 0 Å². The number of rotatable bonds is 14. The summed E-state index contributed by atoms with van der Waals surface area (Å²) in [5.74, 6) is 0.440. The predicted molar refractivity (Wildman–Crippen MR) is 85.4 cm³/mol. The molecule has 0 bridgehead atoms. The first-order chi connectivity index (χ1) is 9.52. The van der Waals surface area contributed by atoms with Gasteiger partial charge in [0.1, 0.15) is 0 Å². The molecule has 0 saturated heterocycles. The Hall–Kier alpha value is -0.570. The first kappa shape index (κ1) is 19.4. The van der Waals surface area contributed by atoms with Gasteiger partial charge >= 0.3 is 0 Å². The van der Waals surface area contributed by atoms with Gasteiger partial charge in [0.2, 0.25) is 5.91 Å². The molecule has 0 spiro atoms. The van der Waals surface area contributed by atoms with Gasteiger partial charge in [-0.1, -0.05) is 78.1 Å². The molecule has 0 fully saturated rings. The lowest BCUT2D eigenvalue weighted by molar-refractivity contribution is -0.119. The van der Waals surface area contributed by atoms with Crippen molar-refractivity contribution in [3.05, 3.63) is 0 Å². The molecular weight excluding hydrogens is 250 g/mol. The van der Waals surface area contributed by atoms with E-state index in [9.17, 15) is 9.90 Å². The molecule has 1 amide bonds. The molecule has 3 N–H and O–H groups in total. The highest BCUT2D eigenvalue weighted by Crippen LogP contribution is 2.14. The van der Waals surface area contributed by atoms with Crippen LogP contribution in [0.4, 0.5) is 0 Å². The van der Waals surface area contributed by atoms with Crippen molar-refractivity contribution >= 4 is 5.91 Å². The molecule has 0 aromatic carbocycles. The van der Waals surface area contributed by atoms with Gasteiger partial charge in [-0.25, -0.2) is 0 Å². The van der Waals surface area contributed by atoms with Gasteiger partial charge in [-0.15, -0.1) is 0 Å². The highest BCUT2D eigenvalue weighted by Gasteiger charge is 2.06. The SMILES string of the molecule is CC(C)CCCCCCCCCCCC(O)CC(N)=O. The van der Waals surface area contributed by atoms with Crippen LogP contribution < -0.4 is 5.73 Å². The lowest BCUT2D eigenvalue weighted by Crippen LogP contribution is -2.19. The van der Waals surface area contributed by atoms with Crippen LogP contribution in [-0.2, 0) is 4.79 Å². The highest BCUT2D eigenvalue weighted by atomic mass is 16.3. The Morgan fingerprint density at radius 1 is 0.850 bits per heavy atom. The average molecular weight is 285 g/mol. The number of primary amides is 1. The van der Waals surface area contributed by atoms with Crippen LogP contribution in [-0.4, -0.2) is 17.1 Å². The number of amides is 1. The van der Waals surface area contributed by atoms with E-state index in [1.165, 1.54) is 51.4 Å². The summed E-state index contributed by atoms with van der Waals surface area (Å²) in [5, 5.41) is 9.48. The van der Waals surface area contributed by atoms with Crippen LogP contribution in [0.15, 0.2) is 0 Å². The number of carbonyl (C=O) groups excluding carboxylic acids is 1. The number of aliphatic hydroxyl groups is 1. The lowest BCUT2D eigenvalue weighted by Gasteiger charge is -2.07. The second-order valence-corrected chi connectivity index (χ2v) is 6.48. The normalized spacial score (nSPS) is 12.8. The molecule has 3 heteroatoms. The average Bonchev–Trinajstić information content (AvgIpc) is 2.34. The molecule has 0 aliphatic heterocycles. The molecule has 0 aromatic heterocycles. The summed E-state index contributed by atoms with van der Waals surface area (Å²) in [6.07, 6.45) is 13.2. The Morgan fingerprint density at radius 2 is 1.25 bits per heavy atom. The van der Waals surface area contributed by atoms with E-state index in [0.717, 1.165) is 18.8 Å². The number of unbranched alkanes of at least 4 members (excludes halogenated alkanes) is 8. The topological polar surface area (TPSA) is 63.3 Å². The fourth-order valence-electron chi connectivity index (χ4n) is 2.50. The maximum absolute atomic E-state index is 10.6. The van der Waals surface area contributed by atoms with Gasteiger partial charge in [0.05, 0.1) is 12.5 Å². The minimum Gasteiger partial charge on any atom is -0.393 e. The molecule has 0 rings (SSSR count). The molecule has 3 nitrogen and oxygen atoms in total. The number of carbonyl (C=O) groups is 1. The minimum absolute atomic E-state index is 0.108. The summed E-state index contributed by atoms with van der Waals surface area (Å²) in [6.45, 7) is 4.58. The van der Waals surface area contributed by atoms with Crippen LogP contribution in [0.3, 0.4) is 0 Å².